The van der Waals surface area contributed by atoms with Crippen LogP contribution in [0.1, 0.15) is 12.8 Å². The largest absolute Gasteiger partial charge is 0.340 e. The lowest BCUT2D eigenvalue weighted by molar-refractivity contribution is -0.132. The van der Waals surface area contributed by atoms with Crippen LogP contribution in [0.25, 0.3) is 0 Å². The molecule has 3 fully saturated rings. The van der Waals surface area contributed by atoms with E-state index in [1.54, 1.807) is 0 Å². The van der Waals surface area contributed by atoms with Gasteiger partial charge in [-0.15, -0.1) is 0 Å². The van der Waals surface area contributed by atoms with E-state index in [9.17, 15) is 9.59 Å². The fourth-order valence-corrected chi connectivity index (χ4v) is 4.49. The monoisotopic (exact) mass is 385 g/mol. The fourth-order valence-electron chi connectivity index (χ4n) is 4.49. The van der Waals surface area contributed by atoms with Crippen LogP contribution in [0.2, 0.25) is 0 Å². The Morgan fingerprint density at radius 1 is 0.964 bits per heavy atom. The number of carbonyl (C=O) groups is 2. The van der Waals surface area contributed by atoms with Gasteiger partial charge in [0, 0.05) is 77.6 Å². The molecule has 3 saturated heterocycles. The Labute approximate surface area is 167 Å². The predicted molar refractivity (Wildman–Crippen MR) is 109 cm³/mol. The summed E-state index contributed by atoms with van der Waals surface area (Å²) in [6.07, 6.45) is 1.50. The van der Waals surface area contributed by atoms with Crippen LogP contribution in [-0.2, 0) is 9.59 Å². The zero-order chi connectivity index (χ0) is 19.3. The second-order valence-corrected chi connectivity index (χ2v) is 7.89. The minimum absolute atomic E-state index is 0.00448. The number of nitrogens with one attached hydrogen (secondary N) is 1. The van der Waals surface area contributed by atoms with E-state index in [0.29, 0.717) is 6.42 Å². The highest BCUT2D eigenvalue weighted by Gasteiger charge is 2.37. The van der Waals surface area contributed by atoms with Crippen LogP contribution in [0, 0.1) is 0 Å². The number of piperazine rings is 2. The highest BCUT2D eigenvalue weighted by atomic mass is 16.2. The van der Waals surface area contributed by atoms with Crippen molar-refractivity contribution in [1.29, 1.82) is 0 Å². The van der Waals surface area contributed by atoms with E-state index < -0.39 is 0 Å². The number of carbonyl (C=O) groups excluding carboxylic acids is 2. The quantitative estimate of drug-likeness (QED) is 0.787. The van der Waals surface area contributed by atoms with Gasteiger partial charge >= 0.3 is 0 Å². The maximum absolute atomic E-state index is 12.9. The third-order valence-electron chi connectivity index (χ3n) is 6.20. The molecule has 3 aliphatic heterocycles. The van der Waals surface area contributed by atoms with Gasteiger partial charge in [-0.25, -0.2) is 0 Å². The van der Waals surface area contributed by atoms with Gasteiger partial charge in [0.2, 0.25) is 11.8 Å². The van der Waals surface area contributed by atoms with Crippen LogP contribution < -0.4 is 10.2 Å². The molecule has 3 aliphatic rings. The van der Waals surface area contributed by atoms with Gasteiger partial charge in [0.25, 0.3) is 0 Å². The van der Waals surface area contributed by atoms with Crippen molar-refractivity contribution < 1.29 is 9.59 Å². The second kappa shape index (κ2) is 9.03. The van der Waals surface area contributed by atoms with Crippen LogP contribution in [0.5, 0.6) is 0 Å². The molecular weight excluding hydrogens is 354 g/mol. The van der Waals surface area contributed by atoms with Crippen molar-refractivity contribution >= 4 is 17.5 Å². The third kappa shape index (κ3) is 4.37. The van der Waals surface area contributed by atoms with Crippen molar-refractivity contribution in [2.45, 2.75) is 18.9 Å². The zero-order valence-electron chi connectivity index (χ0n) is 16.6. The van der Waals surface area contributed by atoms with E-state index >= 15 is 0 Å². The molecular formula is C21H31N5O2. The molecule has 4 rings (SSSR count). The van der Waals surface area contributed by atoms with Crippen LogP contribution in [0.4, 0.5) is 5.69 Å². The number of anilines is 1. The number of para-hydroxylation sites is 1. The fraction of sp³-hybridized carbons (Fsp3) is 0.619. The second-order valence-electron chi connectivity index (χ2n) is 7.89. The maximum Gasteiger partial charge on any atom is 0.244 e. The molecule has 3 heterocycles. The first-order valence-electron chi connectivity index (χ1n) is 10.5. The molecule has 0 aliphatic carbocycles. The Kier molecular flexibility index (Phi) is 6.24. The standard InChI is InChI=1S/C21H31N5O2/c27-20(25-12-8-22-9-13-25)7-10-23-14-16-24(17-15-23)19-6-11-26(21(19)28)18-4-2-1-3-5-18/h1-5,19,22H,6-17H2. The van der Waals surface area contributed by atoms with Gasteiger partial charge in [0.15, 0.2) is 0 Å². The molecule has 7 nitrogen and oxygen atoms in total. The Balaban J connectivity index is 1.22. The first-order chi connectivity index (χ1) is 13.7. The molecule has 28 heavy (non-hydrogen) atoms. The molecule has 0 saturated carbocycles. The van der Waals surface area contributed by atoms with Crippen LogP contribution in [0.15, 0.2) is 30.3 Å². The van der Waals surface area contributed by atoms with Crippen molar-refractivity contribution in [3.8, 4) is 0 Å². The number of amides is 2. The molecule has 1 atom stereocenters. The van der Waals surface area contributed by atoms with Gasteiger partial charge in [-0.05, 0) is 18.6 Å². The van der Waals surface area contributed by atoms with Crippen molar-refractivity contribution in [3.05, 3.63) is 30.3 Å². The zero-order valence-corrected chi connectivity index (χ0v) is 16.6. The van der Waals surface area contributed by atoms with Gasteiger partial charge in [0.1, 0.15) is 0 Å². The summed E-state index contributed by atoms with van der Waals surface area (Å²) >= 11 is 0. The number of benzene rings is 1. The number of rotatable bonds is 5. The van der Waals surface area contributed by atoms with Crippen LogP contribution in [0.3, 0.4) is 0 Å². The van der Waals surface area contributed by atoms with E-state index in [1.807, 2.05) is 40.1 Å². The minimum Gasteiger partial charge on any atom is -0.340 e. The molecule has 7 heteroatoms. The van der Waals surface area contributed by atoms with Gasteiger partial charge in [-0.3, -0.25) is 14.5 Å². The first-order valence-corrected chi connectivity index (χ1v) is 10.5. The van der Waals surface area contributed by atoms with Gasteiger partial charge in [-0.2, -0.15) is 0 Å². The van der Waals surface area contributed by atoms with Crippen molar-refractivity contribution in [2.24, 2.45) is 0 Å². The Morgan fingerprint density at radius 3 is 2.39 bits per heavy atom. The molecule has 1 aromatic carbocycles. The molecule has 0 bridgehead atoms. The molecule has 0 radical (unpaired) electrons. The van der Waals surface area contributed by atoms with Gasteiger partial charge in [0.05, 0.1) is 6.04 Å². The molecule has 1 aromatic rings. The van der Waals surface area contributed by atoms with E-state index in [4.69, 9.17) is 0 Å². The summed E-state index contributed by atoms with van der Waals surface area (Å²) in [6, 6.07) is 9.96. The summed E-state index contributed by atoms with van der Waals surface area (Å²) in [7, 11) is 0. The normalized spacial score (nSPS) is 24.7. The average molecular weight is 386 g/mol. The lowest BCUT2D eigenvalue weighted by Crippen LogP contribution is -2.53. The van der Waals surface area contributed by atoms with Crippen molar-refractivity contribution in [2.75, 3.05) is 70.3 Å². The SMILES string of the molecule is O=C(CCN1CCN(C2CCN(c3ccccc3)C2=O)CC1)N1CCNCC1. The molecule has 152 valence electrons. The lowest BCUT2D eigenvalue weighted by Gasteiger charge is -2.37. The van der Waals surface area contributed by atoms with Crippen molar-refractivity contribution in [3.63, 3.8) is 0 Å². The maximum atomic E-state index is 12.9. The van der Waals surface area contributed by atoms with E-state index in [-0.39, 0.29) is 17.9 Å². The van der Waals surface area contributed by atoms with Crippen molar-refractivity contribution in [1.82, 2.24) is 20.0 Å². The molecule has 1 N–H and O–H groups in total. The van der Waals surface area contributed by atoms with Crippen LogP contribution in [-0.4, -0.2) is 98.0 Å². The topological polar surface area (TPSA) is 59.1 Å². The van der Waals surface area contributed by atoms with Gasteiger partial charge in [-0.1, -0.05) is 18.2 Å². The third-order valence-corrected chi connectivity index (χ3v) is 6.20. The van der Waals surface area contributed by atoms with E-state index in [0.717, 1.165) is 77.6 Å². The predicted octanol–water partition coefficient (Wildman–Crippen LogP) is 0.231. The lowest BCUT2D eigenvalue weighted by atomic mass is 10.1. The average Bonchev–Trinajstić information content (AvgIpc) is 3.15. The summed E-state index contributed by atoms with van der Waals surface area (Å²) in [6.45, 7) is 8.76. The molecule has 0 aromatic heterocycles. The molecule has 1 unspecified atom stereocenters. The smallest absolute Gasteiger partial charge is 0.244 e. The minimum atomic E-state index is 0.00448. The Morgan fingerprint density at radius 2 is 1.68 bits per heavy atom. The number of nitrogens with zero attached hydrogens (tertiary/aromatic N) is 4. The number of hydrogen-bond donors (Lipinski definition) is 1. The molecule has 0 spiro atoms. The summed E-state index contributed by atoms with van der Waals surface area (Å²) in [5.74, 6) is 0.502. The Hall–Kier alpha value is -1.96. The summed E-state index contributed by atoms with van der Waals surface area (Å²) in [5.41, 5.74) is 1.00. The molecule has 2 amide bonds. The number of hydrogen-bond acceptors (Lipinski definition) is 5. The summed E-state index contributed by atoms with van der Waals surface area (Å²) in [5, 5.41) is 3.28. The van der Waals surface area contributed by atoms with Crippen LogP contribution >= 0.6 is 0 Å². The highest BCUT2D eigenvalue weighted by molar-refractivity contribution is 5.99. The summed E-state index contributed by atoms with van der Waals surface area (Å²) < 4.78 is 0. The van der Waals surface area contributed by atoms with E-state index in [1.165, 1.54) is 0 Å². The summed E-state index contributed by atoms with van der Waals surface area (Å²) in [4.78, 5) is 33.8. The van der Waals surface area contributed by atoms with Gasteiger partial charge < -0.3 is 20.0 Å². The highest BCUT2D eigenvalue weighted by Crippen LogP contribution is 2.24. The first kappa shape index (κ1) is 19.4. The Bertz CT molecular complexity index is 669. The van der Waals surface area contributed by atoms with E-state index in [2.05, 4.69) is 15.1 Å².